The van der Waals surface area contributed by atoms with E-state index >= 15 is 0 Å². The lowest BCUT2D eigenvalue weighted by molar-refractivity contribution is -0.274. The van der Waals surface area contributed by atoms with Crippen LogP contribution < -0.4 is 10.1 Å². The molecular formula is C21H19F3N2O4. The van der Waals surface area contributed by atoms with E-state index in [1.54, 1.807) is 6.92 Å². The number of rotatable bonds is 5. The number of nitrogens with one attached hydrogen (secondary N) is 1. The minimum atomic E-state index is -4.81. The topological polar surface area (TPSA) is 67.9 Å². The molecule has 1 N–H and O–H groups in total. The summed E-state index contributed by atoms with van der Waals surface area (Å²) in [7, 11) is 1.22. The normalized spacial score (nSPS) is 16.9. The molecule has 0 saturated heterocycles. The smallest absolute Gasteiger partial charge is 0.466 e. The Morgan fingerprint density at radius 1 is 1.10 bits per heavy atom. The molecule has 1 aliphatic heterocycles. The Kier molecular flexibility index (Phi) is 6.00. The molecule has 2 amide bonds. The molecule has 0 bridgehead atoms. The number of esters is 1. The third-order valence-electron chi connectivity index (χ3n) is 4.63. The largest absolute Gasteiger partial charge is 0.573 e. The molecule has 0 saturated carbocycles. The molecule has 30 heavy (non-hydrogen) atoms. The number of urea groups is 1. The van der Waals surface area contributed by atoms with Gasteiger partial charge >= 0.3 is 18.4 Å². The molecule has 0 fully saturated rings. The Balaban J connectivity index is 1.95. The average molecular weight is 420 g/mol. The number of carbonyl (C=O) groups excluding carboxylic acids is 2. The predicted molar refractivity (Wildman–Crippen MR) is 101 cm³/mol. The summed E-state index contributed by atoms with van der Waals surface area (Å²) >= 11 is 0. The first-order chi connectivity index (χ1) is 14.2. The van der Waals surface area contributed by atoms with Gasteiger partial charge in [-0.2, -0.15) is 0 Å². The van der Waals surface area contributed by atoms with E-state index in [0.717, 1.165) is 17.7 Å². The van der Waals surface area contributed by atoms with Crippen LogP contribution in [0.15, 0.2) is 65.9 Å². The third-order valence-corrected chi connectivity index (χ3v) is 4.63. The zero-order chi connectivity index (χ0) is 21.9. The first-order valence-electron chi connectivity index (χ1n) is 8.96. The maximum Gasteiger partial charge on any atom is 0.573 e. The van der Waals surface area contributed by atoms with Gasteiger partial charge in [0.1, 0.15) is 5.75 Å². The molecule has 2 aromatic rings. The number of amides is 2. The Morgan fingerprint density at radius 2 is 1.73 bits per heavy atom. The zero-order valence-electron chi connectivity index (χ0n) is 16.2. The third kappa shape index (κ3) is 4.73. The highest BCUT2D eigenvalue weighted by Crippen LogP contribution is 2.33. The van der Waals surface area contributed by atoms with Crippen LogP contribution in [-0.2, 0) is 16.1 Å². The SMILES string of the molecule is COC(=O)C1=C(C)N(Cc2ccccc2)C(=O)NC1c1ccc(OC(F)(F)F)cc1. The molecule has 0 aliphatic carbocycles. The van der Waals surface area contributed by atoms with Gasteiger partial charge in [-0.3, -0.25) is 4.90 Å². The van der Waals surface area contributed by atoms with Crippen molar-refractivity contribution in [1.29, 1.82) is 0 Å². The van der Waals surface area contributed by atoms with Crippen LogP contribution in [-0.4, -0.2) is 30.4 Å². The lowest BCUT2D eigenvalue weighted by Gasteiger charge is -2.35. The van der Waals surface area contributed by atoms with Crippen LogP contribution in [0.5, 0.6) is 5.75 Å². The van der Waals surface area contributed by atoms with Gasteiger partial charge in [0, 0.05) is 5.70 Å². The second-order valence-electron chi connectivity index (χ2n) is 6.56. The fraction of sp³-hybridized carbons (Fsp3) is 0.238. The van der Waals surface area contributed by atoms with Crippen LogP contribution in [0.1, 0.15) is 24.1 Å². The first-order valence-corrected chi connectivity index (χ1v) is 8.96. The summed E-state index contributed by atoms with van der Waals surface area (Å²) in [5.74, 6) is -1.05. The molecule has 0 radical (unpaired) electrons. The lowest BCUT2D eigenvalue weighted by Crippen LogP contribution is -2.47. The molecule has 1 aliphatic rings. The second kappa shape index (κ2) is 8.48. The van der Waals surface area contributed by atoms with E-state index in [2.05, 4.69) is 10.1 Å². The molecule has 1 atom stereocenters. The fourth-order valence-electron chi connectivity index (χ4n) is 3.22. The highest BCUT2D eigenvalue weighted by atomic mass is 19.4. The van der Waals surface area contributed by atoms with Crippen molar-refractivity contribution in [3.05, 3.63) is 77.0 Å². The minimum Gasteiger partial charge on any atom is -0.466 e. The second-order valence-corrected chi connectivity index (χ2v) is 6.56. The molecule has 0 spiro atoms. The summed E-state index contributed by atoms with van der Waals surface area (Å²) in [6.07, 6.45) is -4.81. The Bertz CT molecular complexity index is 956. The number of halogens is 3. The first kappa shape index (κ1) is 21.2. The predicted octanol–water partition coefficient (Wildman–Crippen LogP) is 4.30. The van der Waals surface area contributed by atoms with E-state index in [9.17, 15) is 22.8 Å². The van der Waals surface area contributed by atoms with Crippen molar-refractivity contribution in [3.63, 3.8) is 0 Å². The van der Waals surface area contributed by atoms with Gasteiger partial charge < -0.3 is 14.8 Å². The molecular weight excluding hydrogens is 401 g/mol. The highest BCUT2D eigenvalue weighted by Gasteiger charge is 2.36. The number of benzene rings is 2. The molecule has 1 unspecified atom stereocenters. The number of ether oxygens (including phenoxy) is 2. The minimum absolute atomic E-state index is 0.192. The van der Waals surface area contributed by atoms with Crippen LogP contribution in [0.2, 0.25) is 0 Å². The van der Waals surface area contributed by atoms with E-state index in [1.807, 2.05) is 30.3 Å². The molecule has 1 heterocycles. The van der Waals surface area contributed by atoms with Crippen LogP contribution >= 0.6 is 0 Å². The number of carbonyl (C=O) groups is 2. The van der Waals surface area contributed by atoms with Crippen molar-refractivity contribution in [2.45, 2.75) is 25.9 Å². The van der Waals surface area contributed by atoms with Gasteiger partial charge in [-0.1, -0.05) is 42.5 Å². The van der Waals surface area contributed by atoms with E-state index < -0.39 is 30.2 Å². The van der Waals surface area contributed by atoms with Gasteiger partial charge in [-0.05, 0) is 30.2 Å². The fourth-order valence-corrected chi connectivity index (χ4v) is 3.22. The van der Waals surface area contributed by atoms with Crippen LogP contribution in [0.3, 0.4) is 0 Å². The number of hydrogen-bond acceptors (Lipinski definition) is 4. The quantitative estimate of drug-likeness (QED) is 0.733. The summed E-state index contributed by atoms with van der Waals surface area (Å²) in [6, 6.07) is 12.9. The van der Waals surface area contributed by atoms with Crippen molar-refractivity contribution in [2.24, 2.45) is 0 Å². The lowest BCUT2D eigenvalue weighted by atomic mass is 9.94. The summed E-state index contributed by atoms with van der Waals surface area (Å²) in [5.41, 5.74) is 1.87. The standard InChI is InChI=1S/C21H19F3N2O4/c1-13-17(19(27)29-2)18(15-8-10-16(11-9-15)30-21(22,23)24)25-20(28)26(13)12-14-6-4-3-5-7-14/h3-11,18H,12H2,1-2H3,(H,25,28). The van der Waals surface area contributed by atoms with Crippen LogP contribution in [0.25, 0.3) is 0 Å². The molecule has 0 aromatic heterocycles. The van der Waals surface area contributed by atoms with E-state index in [0.29, 0.717) is 11.3 Å². The molecule has 2 aromatic carbocycles. The summed E-state index contributed by atoms with van der Waals surface area (Å²) < 4.78 is 45.9. The Morgan fingerprint density at radius 3 is 2.30 bits per heavy atom. The van der Waals surface area contributed by atoms with Crippen LogP contribution in [0.4, 0.5) is 18.0 Å². The maximum absolute atomic E-state index is 12.8. The monoisotopic (exact) mass is 420 g/mol. The van der Waals surface area contributed by atoms with Gasteiger partial charge in [0.2, 0.25) is 0 Å². The number of allylic oxidation sites excluding steroid dienone is 1. The van der Waals surface area contributed by atoms with Crippen molar-refractivity contribution >= 4 is 12.0 Å². The van der Waals surface area contributed by atoms with Gasteiger partial charge in [-0.25, -0.2) is 9.59 Å². The van der Waals surface area contributed by atoms with Crippen molar-refractivity contribution in [1.82, 2.24) is 10.2 Å². The number of hydrogen-bond donors (Lipinski definition) is 1. The highest BCUT2D eigenvalue weighted by molar-refractivity contribution is 5.95. The zero-order valence-corrected chi connectivity index (χ0v) is 16.2. The van der Waals surface area contributed by atoms with Gasteiger partial charge in [0.25, 0.3) is 0 Å². The van der Waals surface area contributed by atoms with Gasteiger partial charge in [-0.15, -0.1) is 13.2 Å². The van der Waals surface area contributed by atoms with Crippen LogP contribution in [0, 0.1) is 0 Å². The molecule has 6 nitrogen and oxygen atoms in total. The summed E-state index contributed by atoms with van der Waals surface area (Å²) in [6.45, 7) is 1.87. The maximum atomic E-state index is 12.8. The average Bonchev–Trinajstić information content (AvgIpc) is 2.70. The molecule has 158 valence electrons. The number of methoxy groups -OCH3 is 1. The Hall–Kier alpha value is -3.49. The number of nitrogens with zero attached hydrogens (tertiary/aromatic N) is 1. The molecule has 9 heteroatoms. The van der Waals surface area contributed by atoms with E-state index in [4.69, 9.17) is 4.74 Å². The molecule has 3 rings (SSSR count). The van der Waals surface area contributed by atoms with Gasteiger partial charge in [0.05, 0.1) is 25.3 Å². The van der Waals surface area contributed by atoms with Gasteiger partial charge in [0.15, 0.2) is 0 Å². The number of alkyl halides is 3. The van der Waals surface area contributed by atoms with E-state index in [-0.39, 0.29) is 12.1 Å². The summed E-state index contributed by atoms with van der Waals surface area (Å²) in [4.78, 5) is 26.7. The van der Waals surface area contributed by atoms with E-state index in [1.165, 1.54) is 24.1 Å². The van der Waals surface area contributed by atoms with Crippen molar-refractivity contribution in [2.75, 3.05) is 7.11 Å². The summed E-state index contributed by atoms with van der Waals surface area (Å²) in [5, 5.41) is 2.73. The Labute approximate surface area is 170 Å². The van der Waals surface area contributed by atoms with Crippen molar-refractivity contribution < 1.29 is 32.2 Å². The van der Waals surface area contributed by atoms with Crippen molar-refractivity contribution in [3.8, 4) is 5.75 Å².